The van der Waals surface area contributed by atoms with Crippen LogP contribution >= 0.6 is 0 Å². The molecule has 3 rings (SSSR count). The Morgan fingerprint density at radius 3 is 2.67 bits per heavy atom. The van der Waals surface area contributed by atoms with Crippen LogP contribution < -0.4 is 4.90 Å². The number of nitrogens with one attached hydrogen (secondary N) is 1. The standard InChI is InChI=1S/C18H22N4OS/c1-11-6-7-14-15(8-11)21-18(20-14)24(23)10-16-13(3)17(22(4)5)12(2)9-19-16/h6-9H,10H2,1-5H3,(H,20,21). The smallest absolute Gasteiger partial charge is 0.322 e. The van der Waals surface area contributed by atoms with Crippen molar-refractivity contribution < 1.29 is 4.55 Å². The summed E-state index contributed by atoms with van der Waals surface area (Å²) in [5.41, 5.74) is 7.06. The minimum Gasteiger partial charge on any atom is -0.609 e. The van der Waals surface area contributed by atoms with Gasteiger partial charge in [0.25, 0.3) is 0 Å². The Balaban J connectivity index is 1.91. The van der Waals surface area contributed by atoms with Crippen molar-refractivity contribution in [2.75, 3.05) is 19.0 Å². The maximum atomic E-state index is 12.8. The molecular formula is C18H22N4OS. The summed E-state index contributed by atoms with van der Waals surface area (Å²) in [6.07, 6.45) is 1.84. The van der Waals surface area contributed by atoms with Gasteiger partial charge in [0, 0.05) is 37.2 Å². The first-order valence-corrected chi connectivity index (χ1v) is 9.16. The molecule has 0 aliphatic heterocycles. The molecule has 126 valence electrons. The van der Waals surface area contributed by atoms with E-state index in [0.29, 0.717) is 10.9 Å². The number of anilines is 1. The summed E-state index contributed by atoms with van der Waals surface area (Å²) in [5.74, 6) is 0.353. The van der Waals surface area contributed by atoms with E-state index in [4.69, 9.17) is 0 Å². The molecule has 2 aromatic heterocycles. The fourth-order valence-corrected chi connectivity index (χ4v) is 4.09. The number of rotatable bonds is 4. The van der Waals surface area contributed by atoms with Crippen LogP contribution in [-0.4, -0.2) is 33.6 Å². The molecule has 24 heavy (non-hydrogen) atoms. The van der Waals surface area contributed by atoms with Gasteiger partial charge in [-0.2, -0.15) is 4.98 Å². The van der Waals surface area contributed by atoms with Gasteiger partial charge < -0.3 is 9.45 Å². The summed E-state index contributed by atoms with van der Waals surface area (Å²) < 4.78 is 12.8. The zero-order valence-electron chi connectivity index (χ0n) is 14.7. The zero-order valence-corrected chi connectivity index (χ0v) is 15.5. The highest BCUT2D eigenvalue weighted by Gasteiger charge is 2.21. The molecule has 5 nitrogen and oxygen atoms in total. The molecule has 1 aromatic carbocycles. The Morgan fingerprint density at radius 1 is 1.21 bits per heavy atom. The minimum atomic E-state index is -1.26. The van der Waals surface area contributed by atoms with E-state index >= 15 is 0 Å². The number of benzene rings is 1. The lowest BCUT2D eigenvalue weighted by molar-refractivity contribution is 0.586. The molecular weight excluding hydrogens is 320 g/mol. The average Bonchev–Trinajstić information content (AvgIpc) is 2.93. The van der Waals surface area contributed by atoms with Crippen molar-refractivity contribution in [1.29, 1.82) is 0 Å². The lowest BCUT2D eigenvalue weighted by Crippen LogP contribution is -2.16. The van der Waals surface area contributed by atoms with Gasteiger partial charge in [0.1, 0.15) is 0 Å². The Hall–Kier alpha value is -2.05. The summed E-state index contributed by atoms with van der Waals surface area (Å²) in [7, 11) is 4.02. The van der Waals surface area contributed by atoms with Gasteiger partial charge in [-0.15, -0.1) is 0 Å². The number of hydrogen-bond acceptors (Lipinski definition) is 4. The molecule has 6 heteroatoms. The summed E-state index contributed by atoms with van der Waals surface area (Å²) >= 11 is -1.26. The van der Waals surface area contributed by atoms with Crippen molar-refractivity contribution in [3.63, 3.8) is 0 Å². The van der Waals surface area contributed by atoms with Crippen molar-refractivity contribution in [1.82, 2.24) is 15.0 Å². The molecule has 0 spiro atoms. The second-order valence-corrected chi connectivity index (χ2v) is 7.67. The monoisotopic (exact) mass is 342 g/mol. The van der Waals surface area contributed by atoms with Crippen LogP contribution in [0.1, 0.15) is 22.4 Å². The molecule has 0 saturated heterocycles. The molecule has 0 saturated carbocycles. The van der Waals surface area contributed by atoms with E-state index < -0.39 is 11.2 Å². The van der Waals surface area contributed by atoms with Crippen LogP contribution in [-0.2, 0) is 16.9 Å². The number of imidazole rings is 1. The van der Waals surface area contributed by atoms with Crippen molar-refractivity contribution in [2.45, 2.75) is 31.7 Å². The first-order chi connectivity index (χ1) is 11.4. The van der Waals surface area contributed by atoms with Crippen LogP contribution in [0.5, 0.6) is 0 Å². The Bertz CT molecular complexity index is 888. The van der Waals surface area contributed by atoms with Gasteiger partial charge in [-0.25, -0.2) is 0 Å². The predicted molar refractivity (Wildman–Crippen MR) is 99.0 cm³/mol. The lowest BCUT2D eigenvalue weighted by Gasteiger charge is -2.20. The van der Waals surface area contributed by atoms with E-state index in [1.165, 1.54) is 0 Å². The molecule has 3 aromatic rings. The van der Waals surface area contributed by atoms with Crippen LogP contribution in [0.25, 0.3) is 11.0 Å². The maximum absolute atomic E-state index is 12.8. The molecule has 0 aliphatic carbocycles. The van der Waals surface area contributed by atoms with E-state index in [2.05, 4.69) is 19.9 Å². The molecule has 1 N–H and O–H groups in total. The first-order valence-electron chi connectivity index (χ1n) is 7.84. The molecule has 0 amide bonds. The van der Waals surface area contributed by atoms with Crippen LogP contribution in [0.3, 0.4) is 0 Å². The van der Waals surface area contributed by atoms with Crippen molar-refractivity contribution >= 4 is 27.9 Å². The van der Waals surface area contributed by atoms with Crippen molar-refractivity contribution in [3.8, 4) is 0 Å². The van der Waals surface area contributed by atoms with E-state index in [-0.39, 0.29) is 0 Å². The van der Waals surface area contributed by atoms with E-state index in [9.17, 15) is 4.55 Å². The van der Waals surface area contributed by atoms with Gasteiger partial charge in [-0.05, 0) is 49.6 Å². The molecule has 1 unspecified atom stereocenters. The third-order valence-corrected chi connectivity index (χ3v) is 5.28. The third-order valence-electron chi connectivity index (χ3n) is 4.12. The van der Waals surface area contributed by atoms with Gasteiger partial charge >= 0.3 is 5.16 Å². The first kappa shape index (κ1) is 16.8. The number of H-pyrrole nitrogens is 1. The minimum absolute atomic E-state index is 0.353. The van der Waals surface area contributed by atoms with E-state index in [1.807, 2.05) is 59.3 Å². The Morgan fingerprint density at radius 2 is 1.96 bits per heavy atom. The highest BCUT2D eigenvalue weighted by atomic mass is 32.2. The molecule has 0 aliphatic rings. The topological polar surface area (TPSA) is 67.9 Å². The number of aromatic amines is 1. The van der Waals surface area contributed by atoms with Gasteiger partial charge in [-0.1, -0.05) is 6.07 Å². The quantitative estimate of drug-likeness (QED) is 0.739. The SMILES string of the molecule is Cc1ccc2[nH]c([S+]([O-])Cc3ncc(C)c(N(C)C)c3C)nc2c1. The normalized spacial score (nSPS) is 12.6. The van der Waals surface area contributed by atoms with Crippen molar-refractivity contribution in [2.24, 2.45) is 0 Å². The molecule has 1 atom stereocenters. The largest absolute Gasteiger partial charge is 0.609 e. The second-order valence-electron chi connectivity index (χ2n) is 6.31. The highest BCUT2D eigenvalue weighted by Crippen LogP contribution is 2.27. The fraction of sp³-hybridized carbons (Fsp3) is 0.333. The van der Waals surface area contributed by atoms with Crippen LogP contribution in [0, 0.1) is 20.8 Å². The average molecular weight is 342 g/mol. The van der Waals surface area contributed by atoms with E-state index in [1.54, 1.807) is 0 Å². The van der Waals surface area contributed by atoms with E-state index in [0.717, 1.165) is 39.1 Å². The second kappa shape index (κ2) is 6.45. The lowest BCUT2D eigenvalue weighted by atomic mass is 10.1. The molecule has 2 heterocycles. The van der Waals surface area contributed by atoms with Crippen molar-refractivity contribution in [3.05, 3.63) is 46.8 Å². The third kappa shape index (κ3) is 3.12. The van der Waals surface area contributed by atoms with Gasteiger partial charge in [0.15, 0.2) is 5.75 Å². The van der Waals surface area contributed by atoms with Gasteiger partial charge in [0.05, 0.1) is 16.7 Å². The number of pyridine rings is 1. The Labute approximate surface area is 145 Å². The summed E-state index contributed by atoms with van der Waals surface area (Å²) in [6, 6.07) is 5.98. The molecule has 0 radical (unpaired) electrons. The van der Waals surface area contributed by atoms with Gasteiger partial charge in [0.2, 0.25) is 0 Å². The van der Waals surface area contributed by atoms with Gasteiger partial charge in [-0.3, -0.25) is 9.97 Å². The Kier molecular flexibility index (Phi) is 4.51. The summed E-state index contributed by atoms with van der Waals surface area (Å²) in [4.78, 5) is 14.2. The van der Waals surface area contributed by atoms with Crippen LogP contribution in [0.15, 0.2) is 29.6 Å². The molecule has 0 bridgehead atoms. The number of hydrogen-bond donors (Lipinski definition) is 1. The number of fused-ring (bicyclic) bond motifs is 1. The van der Waals surface area contributed by atoms with Crippen LogP contribution in [0.4, 0.5) is 5.69 Å². The zero-order chi connectivity index (χ0) is 17.4. The highest BCUT2D eigenvalue weighted by molar-refractivity contribution is 7.90. The molecule has 0 fully saturated rings. The number of aryl methyl sites for hydroxylation is 2. The fourth-order valence-electron chi connectivity index (χ4n) is 2.99. The number of aromatic nitrogens is 3. The number of nitrogens with zero attached hydrogens (tertiary/aromatic N) is 3. The maximum Gasteiger partial charge on any atom is 0.322 e. The van der Waals surface area contributed by atoms with Crippen LogP contribution in [0.2, 0.25) is 0 Å². The summed E-state index contributed by atoms with van der Waals surface area (Å²) in [6.45, 7) is 6.09. The summed E-state index contributed by atoms with van der Waals surface area (Å²) in [5, 5.41) is 0.503. The predicted octanol–water partition coefficient (Wildman–Crippen LogP) is 3.26.